The molecular weight excluding hydrogens is 340 g/mol. The maximum absolute atomic E-state index is 11.1. The number of nitrogens with one attached hydrogen (secondary N) is 1. The van der Waals surface area contributed by atoms with Gasteiger partial charge < -0.3 is 9.72 Å². The number of nitriles is 1. The number of ether oxygens (including phenoxy) is 1. The quantitative estimate of drug-likeness (QED) is 0.320. The molecule has 0 fully saturated rings. The molecule has 0 amide bonds. The van der Waals surface area contributed by atoms with Crippen LogP contribution in [0.15, 0.2) is 52.5 Å². The molecule has 0 aliphatic heterocycles. The third-order valence-corrected chi connectivity index (χ3v) is 4.20. The van der Waals surface area contributed by atoms with Gasteiger partial charge in [0, 0.05) is 6.07 Å². The number of para-hydroxylation sites is 2. The first-order valence-corrected chi connectivity index (χ1v) is 7.99. The molecule has 7 nitrogen and oxygen atoms in total. The average molecular weight is 352 g/mol. The second-order valence-electron chi connectivity index (χ2n) is 4.97. The summed E-state index contributed by atoms with van der Waals surface area (Å²) in [7, 11) is 1.37. The number of thioether (sulfide) groups is 1. The first-order valence-electron chi connectivity index (χ1n) is 7.17. The highest BCUT2D eigenvalue weighted by atomic mass is 32.2. The smallest absolute Gasteiger partial charge is 0.311 e. The van der Waals surface area contributed by atoms with Crippen LogP contribution in [0.4, 0.5) is 5.69 Å². The van der Waals surface area contributed by atoms with Crippen LogP contribution in [-0.2, 0) is 0 Å². The van der Waals surface area contributed by atoms with E-state index in [1.54, 1.807) is 12.1 Å². The molecule has 0 saturated carbocycles. The minimum absolute atomic E-state index is 0.151. The summed E-state index contributed by atoms with van der Waals surface area (Å²) in [5.41, 5.74) is 2.07. The molecule has 2 aromatic carbocycles. The number of rotatable bonds is 5. The first-order chi connectivity index (χ1) is 12.1. The molecule has 1 N–H and O–H groups in total. The number of methoxy groups -OCH3 is 1. The molecule has 0 bridgehead atoms. The second-order valence-corrected chi connectivity index (χ2v) is 6.00. The van der Waals surface area contributed by atoms with Crippen LogP contribution in [0.25, 0.3) is 17.1 Å². The fraction of sp³-hybridized carbons (Fsp3) is 0.0588. The minimum Gasteiger partial charge on any atom is -0.490 e. The van der Waals surface area contributed by atoms with Gasteiger partial charge in [0.05, 0.1) is 28.0 Å². The molecule has 3 aromatic rings. The Morgan fingerprint density at radius 1 is 1.40 bits per heavy atom. The number of hydrogen-bond donors (Lipinski definition) is 1. The topological polar surface area (TPSA) is 105 Å². The molecule has 25 heavy (non-hydrogen) atoms. The number of H-pyrrole nitrogens is 1. The lowest BCUT2D eigenvalue weighted by molar-refractivity contribution is -0.385. The Bertz CT molecular complexity index is 987. The molecule has 0 aliphatic rings. The molecule has 8 heteroatoms. The van der Waals surface area contributed by atoms with Crippen molar-refractivity contribution < 1.29 is 9.66 Å². The summed E-state index contributed by atoms with van der Waals surface area (Å²) in [4.78, 5) is 18.5. The van der Waals surface area contributed by atoms with Gasteiger partial charge in [-0.1, -0.05) is 18.2 Å². The molecule has 1 aromatic heterocycles. The molecule has 0 atom stereocenters. The summed E-state index contributed by atoms with van der Waals surface area (Å²) in [6, 6.07) is 14.2. The van der Waals surface area contributed by atoms with Crippen molar-refractivity contribution >= 4 is 34.6 Å². The summed E-state index contributed by atoms with van der Waals surface area (Å²) in [6.07, 6.45) is 1.57. The largest absolute Gasteiger partial charge is 0.490 e. The van der Waals surface area contributed by atoms with E-state index in [-0.39, 0.29) is 11.4 Å². The van der Waals surface area contributed by atoms with Crippen LogP contribution in [0.2, 0.25) is 0 Å². The summed E-state index contributed by atoms with van der Waals surface area (Å²) in [6.45, 7) is 0. The fourth-order valence-electron chi connectivity index (χ4n) is 2.26. The number of fused-ring (bicyclic) bond motifs is 1. The van der Waals surface area contributed by atoms with Crippen molar-refractivity contribution in [2.75, 3.05) is 7.11 Å². The van der Waals surface area contributed by atoms with Gasteiger partial charge in [0.15, 0.2) is 10.9 Å². The van der Waals surface area contributed by atoms with Gasteiger partial charge in [0.25, 0.3) is 0 Å². The lowest BCUT2D eigenvalue weighted by Crippen LogP contribution is -1.94. The monoisotopic (exact) mass is 352 g/mol. The van der Waals surface area contributed by atoms with E-state index >= 15 is 0 Å². The Hall–Kier alpha value is -3.31. The Morgan fingerprint density at radius 2 is 2.20 bits per heavy atom. The van der Waals surface area contributed by atoms with E-state index in [1.165, 1.54) is 31.0 Å². The molecule has 3 rings (SSSR count). The highest BCUT2D eigenvalue weighted by molar-refractivity contribution is 8.03. The highest BCUT2D eigenvalue weighted by Crippen LogP contribution is 2.31. The van der Waals surface area contributed by atoms with E-state index < -0.39 is 4.92 Å². The molecule has 0 saturated heterocycles. The Kier molecular flexibility index (Phi) is 4.68. The zero-order valence-electron chi connectivity index (χ0n) is 13.1. The SMILES string of the molecule is COc1ccc(/C=C(\C#N)Sc2nc3ccccc3[nH]2)cc1[N+](=O)[O-]. The number of aromatic nitrogens is 2. The van der Waals surface area contributed by atoms with Crippen molar-refractivity contribution in [3.05, 3.63) is 63.0 Å². The molecule has 1 heterocycles. The van der Waals surface area contributed by atoms with Crippen LogP contribution in [0.3, 0.4) is 0 Å². The predicted octanol–water partition coefficient (Wildman–Crippen LogP) is 4.14. The molecule has 0 spiro atoms. The van der Waals surface area contributed by atoms with Crippen molar-refractivity contribution in [2.24, 2.45) is 0 Å². The van der Waals surface area contributed by atoms with Gasteiger partial charge in [-0.3, -0.25) is 10.1 Å². The second kappa shape index (κ2) is 7.07. The standard InChI is InChI=1S/C17H12N4O3S/c1-24-16-7-6-11(9-15(16)21(22)23)8-12(10-18)25-17-19-13-4-2-3-5-14(13)20-17/h2-9H,1H3,(H,19,20)/b12-8+. The van der Waals surface area contributed by atoms with Crippen LogP contribution in [-0.4, -0.2) is 22.0 Å². The number of allylic oxidation sites excluding steroid dienone is 1. The number of nitro benzene ring substituents is 1. The molecule has 124 valence electrons. The van der Waals surface area contributed by atoms with Gasteiger partial charge in [0.2, 0.25) is 0 Å². The van der Waals surface area contributed by atoms with E-state index in [1.807, 2.05) is 24.3 Å². The Labute approximate surface area is 147 Å². The van der Waals surface area contributed by atoms with E-state index in [9.17, 15) is 15.4 Å². The van der Waals surface area contributed by atoms with Crippen LogP contribution in [0.1, 0.15) is 5.56 Å². The van der Waals surface area contributed by atoms with Crippen molar-refractivity contribution in [1.29, 1.82) is 5.26 Å². The zero-order valence-corrected chi connectivity index (χ0v) is 13.9. The summed E-state index contributed by atoms with van der Waals surface area (Å²) < 4.78 is 4.97. The van der Waals surface area contributed by atoms with Crippen LogP contribution >= 0.6 is 11.8 Å². The van der Waals surface area contributed by atoms with Gasteiger partial charge in [-0.05, 0) is 41.6 Å². The number of nitrogens with zero attached hydrogens (tertiary/aromatic N) is 3. The highest BCUT2D eigenvalue weighted by Gasteiger charge is 2.15. The summed E-state index contributed by atoms with van der Waals surface area (Å²) in [5.74, 6) is 0.172. The van der Waals surface area contributed by atoms with E-state index in [0.717, 1.165) is 11.0 Å². The van der Waals surface area contributed by atoms with Gasteiger partial charge in [-0.15, -0.1) is 0 Å². The minimum atomic E-state index is -0.519. The van der Waals surface area contributed by atoms with Gasteiger partial charge >= 0.3 is 5.69 Å². The van der Waals surface area contributed by atoms with Gasteiger partial charge in [-0.2, -0.15) is 5.26 Å². The van der Waals surface area contributed by atoms with Crippen LogP contribution in [0, 0.1) is 21.4 Å². The Balaban J connectivity index is 1.91. The predicted molar refractivity (Wildman–Crippen MR) is 95.2 cm³/mol. The zero-order chi connectivity index (χ0) is 17.8. The van der Waals surface area contributed by atoms with Gasteiger partial charge in [0.1, 0.15) is 6.07 Å². The number of benzene rings is 2. The average Bonchev–Trinajstić information content (AvgIpc) is 3.03. The summed E-state index contributed by atoms with van der Waals surface area (Å²) in [5, 5.41) is 21.0. The maximum atomic E-state index is 11.1. The normalized spacial score (nSPS) is 11.3. The number of nitro groups is 1. The van der Waals surface area contributed by atoms with Gasteiger partial charge in [-0.25, -0.2) is 4.98 Å². The lowest BCUT2D eigenvalue weighted by atomic mass is 10.2. The first kappa shape index (κ1) is 16.5. The number of aromatic amines is 1. The van der Waals surface area contributed by atoms with Crippen molar-refractivity contribution in [3.8, 4) is 11.8 Å². The van der Waals surface area contributed by atoms with E-state index in [2.05, 4.69) is 16.0 Å². The molecule has 0 radical (unpaired) electrons. The van der Waals surface area contributed by atoms with Crippen LogP contribution in [0.5, 0.6) is 5.75 Å². The van der Waals surface area contributed by atoms with Crippen LogP contribution < -0.4 is 4.74 Å². The summed E-state index contributed by atoms with van der Waals surface area (Å²) >= 11 is 1.17. The van der Waals surface area contributed by atoms with Crippen molar-refractivity contribution in [2.45, 2.75) is 5.16 Å². The third-order valence-electron chi connectivity index (χ3n) is 3.38. The van der Waals surface area contributed by atoms with E-state index in [4.69, 9.17) is 4.74 Å². The third kappa shape index (κ3) is 3.62. The molecule has 0 aliphatic carbocycles. The molecular formula is C17H12N4O3S. The fourth-order valence-corrected chi connectivity index (χ4v) is 3.01. The van der Waals surface area contributed by atoms with Crippen molar-refractivity contribution in [3.63, 3.8) is 0 Å². The number of hydrogen-bond acceptors (Lipinski definition) is 6. The lowest BCUT2D eigenvalue weighted by Gasteiger charge is -2.02. The Morgan fingerprint density at radius 3 is 2.88 bits per heavy atom. The maximum Gasteiger partial charge on any atom is 0.311 e. The van der Waals surface area contributed by atoms with E-state index in [0.29, 0.717) is 15.6 Å². The molecule has 0 unspecified atom stereocenters. The number of imidazole rings is 1. The van der Waals surface area contributed by atoms with Crippen molar-refractivity contribution in [1.82, 2.24) is 9.97 Å².